The highest BCUT2D eigenvalue weighted by molar-refractivity contribution is 7.80. The summed E-state index contributed by atoms with van der Waals surface area (Å²) >= 11 is 14.3. The monoisotopic (exact) mass is 680 g/mol. The second-order valence-electron chi connectivity index (χ2n) is 11.2. The molecule has 2 aliphatic heterocycles. The number of Topliss-reactive ketones (excluding diaryl/α,β-unsaturated/α-hetero) is 2. The first-order chi connectivity index (χ1) is 19.8. The van der Waals surface area contributed by atoms with Gasteiger partial charge in [0.05, 0.1) is 0 Å². The number of halogens is 1. The van der Waals surface area contributed by atoms with E-state index in [9.17, 15) is 28.8 Å². The standard InChI is InChI=1S/C13H22N4O3S.C12H18ClNO3.CH5N3S.CH4/c1-4-13(2,3)9(18)11(20)17-7-5-6-8(17)10(19)15-16-12(14)21;1-4-12(2,3)9(15)11(17)14-7-5-6-8(14)10(13)16;2-1(5)4-3;/h8H,4-7H2,1-3H3,(H,15,19)(H3,14,16,21);8H,4-7H2,1-3H3;3H2,(H3,2,4,5);1H4/t2*8-;;/m00../s1. The summed E-state index contributed by atoms with van der Waals surface area (Å²) in [5, 5.41) is -0.509. The highest BCUT2D eigenvalue weighted by atomic mass is 35.5. The number of nitrogens with one attached hydrogen (secondary N) is 3. The van der Waals surface area contributed by atoms with E-state index in [2.05, 4.69) is 41.1 Å². The topological polar surface area (TPSA) is 223 Å². The van der Waals surface area contributed by atoms with Crippen LogP contribution < -0.4 is 33.6 Å². The van der Waals surface area contributed by atoms with Gasteiger partial charge in [0, 0.05) is 23.9 Å². The molecule has 17 heteroatoms. The summed E-state index contributed by atoms with van der Waals surface area (Å²) in [6, 6.07) is -1.29. The summed E-state index contributed by atoms with van der Waals surface area (Å²) in [4.78, 5) is 74.4. The van der Waals surface area contributed by atoms with Gasteiger partial charge in [0.25, 0.3) is 17.7 Å². The Balaban J connectivity index is 0. The summed E-state index contributed by atoms with van der Waals surface area (Å²) in [5.74, 6) is 2.15. The fourth-order valence-electron chi connectivity index (χ4n) is 3.90. The molecular formula is C27H49ClN8O6S2. The van der Waals surface area contributed by atoms with Gasteiger partial charge in [-0.15, -0.1) is 0 Å². The summed E-state index contributed by atoms with van der Waals surface area (Å²) < 4.78 is 0. The molecule has 0 aromatic rings. The zero-order valence-electron chi connectivity index (χ0n) is 25.6. The first-order valence-electron chi connectivity index (χ1n) is 13.8. The maximum atomic E-state index is 12.3. The molecule has 0 saturated carbocycles. The van der Waals surface area contributed by atoms with Crippen LogP contribution in [0.2, 0.25) is 0 Å². The Kier molecular flexibility index (Phi) is 19.1. The largest absolute Gasteiger partial charge is 0.375 e. The molecule has 9 N–H and O–H groups in total. The van der Waals surface area contributed by atoms with E-state index in [1.807, 2.05) is 19.3 Å². The molecule has 0 aromatic heterocycles. The smallest absolute Gasteiger partial charge is 0.291 e. The molecule has 14 nitrogen and oxygen atoms in total. The van der Waals surface area contributed by atoms with Gasteiger partial charge in [0.2, 0.25) is 16.8 Å². The van der Waals surface area contributed by atoms with E-state index in [4.69, 9.17) is 23.1 Å². The van der Waals surface area contributed by atoms with Crippen molar-refractivity contribution in [2.75, 3.05) is 13.1 Å². The lowest BCUT2D eigenvalue weighted by Crippen LogP contribution is -2.54. The van der Waals surface area contributed by atoms with Crippen molar-refractivity contribution in [1.82, 2.24) is 26.1 Å². The highest BCUT2D eigenvalue weighted by Gasteiger charge is 2.42. The summed E-state index contributed by atoms with van der Waals surface area (Å²) in [5.41, 5.74) is 15.3. The molecule has 2 fully saturated rings. The molecule has 2 rings (SSSR count). The van der Waals surface area contributed by atoms with Crippen molar-refractivity contribution < 1.29 is 28.8 Å². The maximum Gasteiger partial charge on any atom is 0.291 e. The van der Waals surface area contributed by atoms with Crippen LogP contribution in [-0.2, 0) is 28.8 Å². The molecule has 44 heavy (non-hydrogen) atoms. The van der Waals surface area contributed by atoms with Crippen molar-refractivity contribution >= 4 is 80.8 Å². The van der Waals surface area contributed by atoms with Gasteiger partial charge in [0.15, 0.2) is 10.2 Å². The molecule has 0 aromatic carbocycles. The summed E-state index contributed by atoms with van der Waals surface area (Å²) in [7, 11) is 0. The van der Waals surface area contributed by atoms with Crippen LogP contribution in [0.3, 0.4) is 0 Å². The highest BCUT2D eigenvalue weighted by Crippen LogP contribution is 2.27. The molecule has 0 aliphatic carbocycles. The van der Waals surface area contributed by atoms with E-state index < -0.39 is 57.4 Å². The Morgan fingerprint density at radius 3 is 1.45 bits per heavy atom. The minimum atomic E-state index is -0.724. The zero-order valence-corrected chi connectivity index (χ0v) is 28.0. The molecule has 0 bridgehead atoms. The lowest BCUT2D eigenvalue weighted by molar-refractivity contribution is -0.151. The van der Waals surface area contributed by atoms with Crippen molar-refractivity contribution in [3.63, 3.8) is 0 Å². The lowest BCUT2D eigenvalue weighted by Gasteiger charge is -2.27. The molecule has 3 amide bonds. The van der Waals surface area contributed by atoms with Gasteiger partial charge in [-0.1, -0.05) is 49.0 Å². The van der Waals surface area contributed by atoms with Crippen LogP contribution in [0.15, 0.2) is 0 Å². The van der Waals surface area contributed by atoms with Gasteiger partial charge in [-0.25, -0.2) is 5.84 Å². The van der Waals surface area contributed by atoms with Crippen LogP contribution in [0.5, 0.6) is 0 Å². The molecular weight excluding hydrogens is 632 g/mol. The minimum Gasteiger partial charge on any atom is -0.375 e. The van der Waals surface area contributed by atoms with Crippen molar-refractivity contribution in [3.05, 3.63) is 0 Å². The van der Waals surface area contributed by atoms with Crippen molar-refractivity contribution in [2.24, 2.45) is 28.1 Å². The third kappa shape index (κ3) is 13.0. The molecule has 2 atom stereocenters. The van der Waals surface area contributed by atoms with E-state index in [0.717, 1.165) is 0 Å². The van der Waals surface area contributed by atoms with Gasteiger partial charge >= 0.3 is 0 Å². The van der Waals surface area contributed by atoms with Crippen molar-refractivity contribution in [1.29, 1.82) is 0 Å². The molecule has 2 heterocycles. The number of ketones is 2. The third-order valence-electron chi connectivity index (χ3n) is 7.43. The maximum absolute atomic E-state index is 12.3. The number of amides is 3. The lowest BCUT2D eigenvalue weighted by atomic mass is 9.84. The second kappa shape index (κ2) is 19.4. The third-order valence-corrected chi connectivity index (χ3v) is 7.90. The number of likely N-dealkylation sites (tertiary alicyclic amines) is 2. The normalized spacial score (nSPS) is 17.4. The number of hydrogen-bond donors (Lipinski definition) is 6. The Morgan fingerprint density at radius 1 is 0.773 bits per heavy atom. The fraction of sp³-hybridized carbons (Fsp3) is 0.704. The Morgan fingerprint density at radius 2 is 1.14 bits per heavy atom. The van der Waals surface area contributed by atoms with Gasteiger partial charge in [0.1, 0.15) is 12.1 Å². The van der Waals surface area contributed by atoms with Gasteiger partial charge in [-0.2, -0.15) is 0 Å². The van der Waals surface area contributed by atoms with Gasteiger partial charge < -0.3 is 26.7 Å². The Bertz CT molecular complexity index is 1090. The average Bonchev–Trinajstić information content (AvgIpc) is 3.65. The summed E-state index contributed by atoms with van der Waals surface area (Å²) in [6.45, 7) is 11.5. The number of nitrogens with zero attached hydrogens (tertiary/aromatic N) is 2. The van der Waals surface area contributed by atoms with E-state index in [0.29, 0.717) is 51.6 Å². The summed E-state index contributed by atoms with van der Waals surface area (Å²) in [6.07, 6.45) is 3.60. The quantitative estimate of drug-likeness (QED) is 0.0691. The first kappa shape index (κ1) is 43.2. The van der Waals surface area contributed by atoms with Crippen LogP contribution in [0.4, 0.5) is 0 Å². The average molecular weight is 681 g/mol. The van der Waals surface area contributed by atoms with Gasteiger partial charge in [-0.3, -0.25) is 39.6 Å². The van der Waals surface area contributed by atoms with Crippen LogP contribution in [-0.4, -0.2) is 79.7 Å². The van der Waals surface area contributed by atoms with Crippen molar-refractivity contribution in [3.8, 4) is 0 Å². The van der Waals surface area contributed by atoms with Crippen LogP contribution >= 0.6 is 36.0 Å². The van der Waals surface area contributed by atoms with Crippen LogP contribution in [0, 0.1) is 10.8 Å². The first-order valence-corrected chi connectivity index (χ1v) is 15.0. The molecule has 2 saturated heterocycles. The molecule has 252 valence electrons. The number of carbonyl (C=O) groups is 6. The number of hydrogen-bond acceptors (Lipinski definition) is 9. The number of thiocarbonyl (C=S) groups is 2. The van der Waals surface area contributed by atoms with E-state index in [1.165, 1.54) is 9.80 Å². The fourth-order valence-corrected chi connectivity index (χ4v) is 4.17. The van der Waals surface area contributed by atoms with Crippen LogP contribution in [0.1, 0.15) is 87.5 Å². The molecule has 2 aliphatic rings. The number of hydrazine groups is 2. The minimum absolute atomic E-state index is 0. The zero-order chi connectivity index (χ0) is 33.7. The van der Waals surface area contributed by atoms with Crippen LogP contribution in [0.25, 0.3) is 0 Å². The van der Waals surface area contributed by atoms with Crippen molar-refractivity contribution in [2.45, 2.75) is 99.6 Å². The van der Waals surface area contributed by atoms with Gasteiger partial charge in [-0.05, 0) is 74.6 Å². The predicted octanol–water partition coefficient (Wildman–Crippen LogP) is 0.925. The number of nitrogens with two attached hydrogens (primary N) is 3. The number of carbonyl (C=O) groups excluding carboxylic acids is 6. The van der Waals surface area contributed by atoms with E-state index in [-0.39, 0.29) is 17.7 Å². The Hall–Kier alpha value is -2.95. The molecule has 0 radical (unpaired) electrons. The predicted molar refractivity (Wildman–Crippen MR) is 177 cm³/mol. The molecule has 0 spiro atoms. The second-order valence-corrected chi connectivity index (χ2v) is 12.5. The van der Waals surface area contributed by atoms with E-state index in [1.54, 1.807) is 27.7 Å². The SMILES string of the molecule is C.CCC(C)(C)C(=O)C(=O)N1CCC[C@H]1C(=O)Cl.CCC(C)(C)C(=O)C(=O)N1CCC[C@H]1C(=O)NNC(N)=S.NNC(N)=S. The number of rotatable bonds is 8. The van der Waals surface area contributed by atoms with E-state index >= 15 is 0 Å². The molecule has 0 unspecified atom stereocenters. The Labute approximate surface area is 275 Å².